The van der Waals surface area contributed by atoms with Crippen molar-refractivity contribution in [3.8, 4) is 0 Å². The van der Waals surface area contributed by atoms with Gasteiger partial charge in [-0.25, -0.2) is 0 Å². The Labute approximate surface area is 133 Å². The number of hydrogen-bond donors (Lipinski definition) is 1. The Hall–Kier alpha value is -0.670. The fourth-order valence-electron chi connectivity index (χ4n) is 2.83. The maximum Gasteiger partial charge on any atom is 0.0579 e. The Kier molecular flexibility index (Phi) is 8.20. The van der Waals surface area contributed by atoms with Crippen molar-refractivity contribution in [2.24, 2.45) is 0 Å². The minimum atomic E-state index is -0.939. The van der Waals surface area contributed by atoms with Crippen LogP contribution in [0.5, 0.6) is 0 Å². The highest BCUT2D eigenvalue weighted by Crippen LogP contribution is 2.23. The van der Waals surface area contributed by atoms with Crippen molar-refractivity contribution in [3.63, 3.8) is 0 Å². The quantitative estimate of drug-likeness (QED) is 0.734. The molecule has 0 aliphatic heterocycles. The van der Waals surface area contributed by atoms with Gasteiger partial charge in [-0.1, -0.05) is 44.9 Å². The van der Waals surface area contributed by atoms with Gasteiger partial charge in [-0.3, -0.25) is 4.21 Å². The first-order chi connectivity index (χ1) is 10.0. The van der Waals surface area contributed by atoms with Crippen LogP contribution in [-0.2, 0) is 10.8 Å². The van der Waals surface area contributed by atoms with Crippen LogP contribution in [0, 0.1) is 13.8 Å². The van der Waals surface area contributed by atoms with Gasteiger partial charge in [0.15, 0.2) is 0 Å². The molecule has 1 aromatic rings. The van der Waals surface area contributed by atoms with E-state index in [1.807, 2.05) is 6.07 Å². The zero-order chi connectivity index (χ0) is 15.8. The molecule has 1 aromatic carbocycles. The Morgan fingerprint density at radius 2 is 1.86 bits per heavy atom. The Morgan fingerprint density at radius 1 is 1.14 bits per heavy atom. The Bertz CT molecular complexity index is 459. The summed E-state index contributed by atoms with van der Waals surface area (Å²) < 4.78 is 13.1. The van der Waals surface area contributed by atoms with Crippen LogP contribution < -0.4 is 5.32 Å². The van der Waals surface area contributed by atoms with E-state index in [0.717, 1.165) is 42.7 Å². The first-order valence-corrected chi connectivity index (χ1v) is 9.47. The van der Waals surface area contributed by atoms with Crippen molar-refractivity contribution in [2.75, 3.05) is 6.54 Å². The topological polar surface area (TPSA) is 29.1 Å². The van der Waals surface area contributed by atoms with Crippen molar-refractivity contribution in [1.82, 2.24) is 5.32 Å². The van der Waals surface area contributed by atoms with Crippen molar-refractivity contribution in [3.05, 3.63) is 29.3 Å². The summed E-state index contributed by atoms with van der Waals surface area (Å²) in [6, 6.07) is 6.60. The molecule has 3 atom stereocenters. The van der Waals surface area contributed by atoms with E-state index >= 15 is 0 Å². The zero-order valence-electron chi connectivity index (χ0n) is 14.2. The van der Waals surface area contributed by atoms with Crippen molar-refractivity contribution < 1.29 is 4.21 Å². The third kappa shape index (κ3) is 5.23. The number of nitrogens with one attached hydrogen (secondary N) is 1. The summed E-state index contributed by atoms with van der Waals surface area (Å²) in [4.78, 5) is 1.01. The Balaban J connectivity index is 2.97. The number of rotatable bonds is 9. The predicted molar refractivity (Wildman–Crippen MR) is 93.4 cm³/mol. The predicted octanol–water partition coefficient (Wildman–Crippen LogP) is 4.36. The molecule has 0 spiro atoms. The molecule has 21 heavy (non-hydrogen) atoms. The van der Waals surface area contributed by atoms with Gasteiger partial charge in [0.2, 0.25) is 0 Å². The van der Waals surface area contributed by atoms with E-state index in [4.69, 9.17) is 0 Å². The number of benzene rings is 1. The molecule has 0 aliphatic rings. The summed E-state index contributed by atoms with van der Waals surface area (Å²) in [7, 11) is -0.939. The van der Waals surface area contributed by atoms with E-state index in [0.29, 0.717) is 6.04 Å². The van der Waals surface area contributed by atoms with E-state index in [1.54, 1.807) is 0 Å². The third-order valence-corrected chi connectivity index (χ3v) is 6.03. The molecule has 0 heterocycles. The molecule has 3 heteroatoms. The summed E-state index contributed by atoms with van der Waals surface area (Å²) in [6.45, 7) is 11.7. The lowest BCUT2D eigenvalue weighted by molar-refractivity contribution is 0.447. The smallest absolute Gasteiger partial charge is 0.0579 e. The Morgan fingerprint density at radius 3 is 2.38 bits per heavy atom. The normalized spacial score (nSPS) is 15.7. The van der Waals surface area contributed by atoms with Crippen LogP contribution in [0.15, 0.2) is 23.1 Å². The van der Waals surface area contributed by atoms with Crippen LogP contribution >= 0.6 is 0 Å². The monoisotopic (exact) mass is 309 g/mol. The van der Waals surface area contributed by atoms with Gasteiger partial charge >= 0.3 is 0 Å². The minimum absolute atomic E-state index is 0.193. The minimum Gasteiger partial charge on any atom is -0.313 e. The van der Waals surface area contributed by atoms with Crippen LogP contribution in [-0.4, -0.2) is 22.0 Å². The van der Waals surface area contributed by atoms with Gasteiger partial charge in [0.05, 0.1) is 16.0 Å². The van der Waals surface area contributed by atoms with Gasteiger partial charge in [-0.2, -0.15) is 0 Å². The molecule has 0 aliphatic carbocycles. The molecule has 0 radical (unpaired) electrons. The number of hydrogen-bond acceptors (Lipinski definition) is 2. The summed E-state index contributed by atoms with van der Waals surface area (Å²) in [5.41, 5.74) is 2.38. The van der Waals surface area contributed by atoms with Gasteiger partial charge in [-0.05, 0) is 51.3 Å². The maximum atomic E-state index is 13.1. The maximum absolute atomic E-state index is 13.1. The third-order valence-electron chi connectivity index (χ3n) is 3.93. The van der Waals surface area contributed by atoms with Crippen LogP contribution in [0.3, 0.4) is 0 Å². The fourth-order valence-corrected chi connectivity index (χ4v) is 4.57. The average Bonchev–Trinajstić information content (AvgIpc) is 2.45. The van der Waals surface area contributed by atoms with Crippen LogP contribution in [0.4, 0.5) is 0 Å². The average molecular weight is 310 g/mol. The second-order valence-corrected chi connectivity index (χ2v) is 7.50. The van der Waals surface area contributed by atoms with Crippen LogP contribution in [0.2, 0.25) is 0 Å². The summed E-state index contributed by atoms with van der Waals surface area (Å²) in [5, 5.41) is 3.80. The van der Waals surface area contributed by atoms with Gasteiger partial charge < -0.3 is 5.32 Å². The first kappa shape index (κ1) is 18.4. The van der Waals surface area contributed by atoms with Crippen molar-refractivity contribution >= 4 is 10.8 Å². The van der Waals surface area contributed by atoms with E-state index in [9.17, 15) is 4.21 Å². The van der Waals surface area contributed by atoms with Gasteiger partial charge in [-0.15, -0.1) is 0 Å². The summed E-state index contributed by atoms with van der Waals surface area (Å²) in [5.74, 6) is 0. The molecule has 0 fully saturated rings. The van der Waals surface area contributed by atoms with Crippen molar-refractivity contribution in [1.29, 1.82) is 0 Å². The lowest BCUT2D eigenvalue weighted by atomic mass is 10.1. The van der Waals surface area contributed by atoms with Gasteiger partial charge in [0, 0.05) is 10.9 Å². The molecule has 2 nitrogen and oxygen atoms in total. The second kappa shape index (κ2) is 9.37. The lowest BCUT2D eigenvalue weighted by Crippen LogP contribution is -2.42. The van der Waals surface area contributed by atoms with Crippen molar-refractivity contribution in [2.45, 2.75) is 76.5 Å². The fraction of sp³-hybridized carbons (Fsp3) is 0.667. The lowest BCUT2D eigenvalue weighted by Gasteiger charge is -2.27. The molecule has 0 saturated carbocycles. The highest BCUT2D eigenvalue weighted by atomic mass is 32.2. The molecule has 0 saturated heterocycles. The van der Waals surface area contributed by atoms with E-state index in [2.05, 4.69) is 52.1 Å². The molecule has 0 bridgehead atoms. The largest absolute Gasteiger partial charge is 0.313 e. The van der Waals surface area contributed by atoms with E-state index < -0.39 is 10.8 Å². The summed E-state index contributed by atoms with van der Waals surface area (Å²) >= 11 is 0. The number of aryl methyl sites for hydroxylation is 2. The SMILES string of the molecule is CCCNC(CCC)C(CC)S(=O)c1ccc(C)cc1C. The molecular weight excluding hydrogens is 278 g/mol. The molecule has 0 aromatic heterocycles. The highest BCUT2D eigenvalue weighted by Gasteiger charge is 2.26. The van der Waals surface area contributed by atoms with Crippen LogP contribution in [0.1, 0.15) is 57.6 Å². The molecule has 0 amide bonds. The molecule has 120 valence electrons. The highest BCUT2D eigenvalue weighted by molar-refractivity contribution is 7.85. The molecular formula is C18H31NOS. The molecule has 3 unspecified atom stereocenters. The van der Waals surface area contributed by atoms with Gasteiger partial charge in [0.25, 0.3) is 0 Å². The molecule has 1 N–H and O–H groups in total. The second-order valence-electron chi connectivity index (χ2n) is 5.86. The van der Waals surface area contributed by atoms with Crippen LogP contribution in [0.25, 0.3) is 0 Å². The first-order valence-electron chi connectivity index (χ1n) is 8.26. The zero-order valence-corrected chi connectivity index (χ0v) is 15.1. The standard InChI is InChI=1S/C18H31NOS/c1-6-9-16(19-12-7-2)17(8-3)21(20)18-11-10-14(4)13-15(18)5/h10-11,13,16-17,19H,6-9,12H2,1-5H3. The van der Waals surface area contributed by atoms with E-state index in [-0.39, 0.29) is 5.25 Å². The van der Waals surface area contributed by atoms with Gasteiger partial charge in [0.1, 0.15) is 0 Å². The summed E-state index contributed by atoms with van der Waals surface area (Å²) in [6.07, 6.45) is 4.28. The molecule has 1 rings (SSSR count). The van der Waals surface area contributed by atoms with E-state index in [1.165, 1.54) is 5.56 Å².